The van der Waals surface area contributed by atoms with Gasteiger partial charge in [0.1, 0.15) is 6.61 Å². The summed E-state index contributed by atoms with van der Waals surface area (Å²) in [7, 11) is 1.62. The van der Waals surface area contributed by atoms with Gasteiger partial charge in [-0.05, 0) is 48.7 Å². The van der Waals surface area contributed by atoms with Crippen LogP contribution in [0.15, 0.2) is 66.9 Å². The van der Waals surface area contributed by atoms with E-state index in [9.17, 15) is 4.79 Å². The van der Waals surface area contributed by atoms with Crippen molar-refractivity contribution < 1.29 is 14.3 Å². The van der Waals surface area contributed by atoms with Crippen molar-refractivity contribution in [3.63, 3.8) is 0 Å². The summed E-state index contributed by atoms with van der Waals surface area (Å²) in [6.45, 7) is 0.370. The van der Waals surface area contributed by atoms with Crippen LogP contribution in [0.4, 0.5) is 11.4 Å². The molecule has 0 amide bonds. The van der Waals surface area contributed by atoms with Gasteiger partial charge in [0.2, 0.25) is 0 Å². The summed E-state index contributed by atoms with van der Waals surface area (Å²) in [6.07, 6.45) is 9.92. The average Bonchev–Trinajstić information content (AvgIpc) is 3.37. The minimum Gasteiger partial charge on any atom is -0.493 e. The van der Waals surface area contributed by atoms with Gasteiger partial charge in [-0.2, -0.15) is 0 Å². The van der Waals surface area contributed by atoms with Gasteiger partial charge in [-0.1, -0.05) is 50.3 Å². The predicted octanol–water partition coefficient (Wildman–Crippen LogP) is 6.96. The molecule has 3 aromatic rings. The van der Waals surface area contributed by atoms with E-state index in [1.807, 2.05) is 60.7 Å². The summed E-state index contributed by atoms with van der Waals surface area (Å²) in [6, 6.07) is 19.2. The molecule has 0 radical (unpaired) electrons. The second-order valence-electron chi connectivity index (χ2n) is 8.65. The Kier molecular flexibility index (Phi) is 7.96. The van der Waals surface area contributed by atoms with Crippen molar-refractivity contribution in [3.8, 4) is 11.5 Å². The number of ketones is 1. The lowest BCUT2D eigenvalue weighted by molar-refractivity contribution is 0.0977. The molecule has 1 N–H and O–H groups in total. The Hall–Kier alpha value is -3.34. The predicted molar refractivity (Wildman–Crippen MR) is 131 cm³/mol. The van der Waals surface area contributed by atoms with Crippen molar-refractivity contribution >= 4 is 17.2 Å². The monoisotopic (exact) mass is 444 g/mol. The SMILES string of the molecule is COc1cc(Nc2cccc(C(=O)CCCC3CCCC3)c2)ccc1OCc1ccccn1. The summed E-state index contributed by atoms with van der Waals surface area (Å²) >= 11 is 0. The van der Waals surface area contributed by atoms with E-state index in [0.29, 0.717) is 24.5 Å². The Balaban J connectivity index is 1.35. The van der Waals surface area contributed by atoms with Gasteiger partial charge in [0.25, 0.3) is 0 Å². The lowest BCUT2D eigenvalue weighted by Gasteiger charge is -2.14. The quantitative estimate of drug-likeness (QED) is 0.324. The molecular formula is C28H32N2O3. The number of carbonyl (C=O) groups is 1. The molecule has 5 heteroatoms. The van der Waals surface area contributed by atoms with Gasteiger partial charge in [0.05, 0.1) is 12.8 Å². The van der Waals surface area contributed by atoms with Crippen LogP contribution < -0.4 is 14.8 Å². The van der Waals surface area contributed by atoms with Gasteiger partial charge >= 0.3 is 0 Å². The van der Waals surface area contributed by atoms with Crippen molar-refractivity contribution in [3.05, 3.63) is 78.1 Å². The number of methoxy groups -OCH3 is 1. The zero-order valence-corrected chi connectivity index (χ0v) is 19.3. The summed E-state index contributed by atoms with van der Waals surface area (Å²) in [5, 5.41) is 3.38. The Bertz CT molecular complexity index is 1050. The Labute approximate surface area is 196 Å². The highest BCUT2D eigenvalue weighted by Gasteiger charge is 2.15. The summed E-state index contributed by atoms with van der Waals surface area (Å²) in [5.74, 6) is 2.33. The van der Waals surface area contributed by atoms with Crippen LogP contribution in [0.25, 0.3) is 0 Å². The van der Waals surface area contributed by atoms with E-state index < -0.39 is 0 Å². The molecule has 1 fully saturated rings. The van der Waals surface area contributed by atoms with Crippen LogP contribution >= 0.6 is 0 Å². The summed E-state index contributed by atoms with van der Waals surface area (Å²) in [5.41, 5.74) is 3.35. The van der Waals surface area contributed by atoms with E-state index in [1.54, 1.807) is 13.3 Å². The number of hydrogen-bond donors (Lipinski definition) is 1. The number of nitrogens with one attached hydrogen (secondary N) is 1. The first-order chi connectivity index (χ1) is 16.2. The van der Waals surface area contributed by atoms with Crippen LogP contribution in [0.5, 0.6) is 11.5 Å². The molecular weight excluding hydrogens is 412 g/mol. The molecule has 2 aromatic carbocycles. The van der Waals surface area contributed by atoms with Crippen LogP contribution in [-0.4, -0.2) is 17.9 Å². The van der Waals surface area contributed by atoms with Crippen LogP contribution in [0, 0.1) is 5.92 Å². The van der Waals surface area contributed by atoms with Crippen LogP contribution in [0.3, 0.4) is 0 Å². The van der Waals surface area contributed by atoms with E-state index in [2.05, 4.69) is 10.3 Å². The largest absolute Gasteiger partial charge is 0.493 e. The molecule has 0 atom stereocenters. The van der Waals surface area contributed by atoms with Crippen LogP contribution in [0.2, 0.25) is 0 Å². The normalized spacial score (nSPS) is 13.6. The Morgan fingerprint density at radius 3 is 2.64 bits per heavy atom. The van der Waals surface area contributed by atoms with Gasteiger partial charge in [0.15, 0.2) is 17.3 Å². The van der Waals surface area contributed by atoms with Crippen LogP contribution in [0.1, 0.15) is 61.0 Å². The lowest BCUT2D eigenvalue weighted by atomic mass is 9.98. The molecule has 172 valence electrons. The molecule has 1 saturated carbocycles. The third kappa shape index (κ3) is 6.58. The van der Waals surface area contributed by atoms with Gasteiger partial charge in [-0.25, -0.2) is 0 Å². The molecule has 1 aliphatic rings. The number of anilines is 2. The van der Waals surface area contributed by atoms with E-state index in [-0.39, 0.29) is 5.78 Å². The van der Waals surface area contributed by atoms with Crippen LogP contribution in [-0.2, 0) is 6.61 Å². The molecule has 1 aliphatic carbocycles. The van der Waals surface area contributed by atoms with Gasteiger partial charge < -0.3 is 14.8 Å². The van der Waals surface area contributed by atoms with Crippen molar-refractivity contribution in [1.29, 1.82) is 0 Å². The van der Waals surface area contributed by atoms with Crippen molar-refractivity contribution in [2.45, 2.75) is 51.6 Å². The fourth-order valence-corrected chi connectivity index (χ4v) is 4.43. The lowest BCUT2D eigenvalue weighted by Crippen LogP contribution is -2.02. The molecule has 0 aliphatic heterocycles. The number of aromatic nitrogens is 1. The third-order valence-electron chi connectivity index (χ3n) is 6.23. The first-order valence-electron chi connectivity index (χ1n) is 11.8. The molecule has 33 heavy (non-hydrogen) atoms. The minimum absolute atomic E-state index is 0.215. The maximum absolute atomic E-state index is 12.7. The second kappa shape index (κ2) is 11.5. The molecule has 0 unspecified atom stereocenters. The van der Waals surface area contributed by atoms with Gasteiger partial charge in [-0.15, -0.1) is 0 Å². The smallest absolute Gasteiger partial charge is 0.162 e. The minimum atomic E-state index is 0.215. The molecule has 1 aromatic heterocycles. The highest BCUT2D eigenvalue weighted by atomic mass is 16.5. The highest BCUT2D eigenvalue weighted by Crippen LogP contribution is 2.32. The van der Waals surface area contributed by atoms with Crippen molar-refractivity contribution in [1.82, 2.24) is 4.98 Å². The molecule has 0 saturated heterocycles. The first-order valence-corrected chi connectivity index (χ1v) is 11.8. The maximum Gasteiger partial charge on any atom is 0.162 e. The fraction of sp³-hybridized carbons (Fsp3) is 0.357. The standard InChI is InChI=1S/C28H32N2O3/c1-32-28-19-24(15-16-27(28)33-20-25-12-4-5-17-29-25)30-23-13-7-11-22(18-23)26(31)14-6-10-21-8-2-3-9-21/h4-5,7,11-13,15-19,21,30H,2-3,6,8-10,14,20H2,1H3. The van der Waals surface area contributed by atoms with E-state index in [4.69, 9.17) is 9.47 Å². The molecule has 5 nitrogen and oxygen atoms in total. The van der Waals surface area contributed by atoms with Crippen molar-refractivity contribution in [2.24, 2.45) is 5.92 Å². The summed E-state index contributed by atoms with van der Waals surface area (Å²) < 4.78 is 11.4. The topological polar surface area (TPSA) is 60.5 Å². The zero-order valence-electron chi connectivity index (χ0n) is 19.3. The number of Topliss-reactive ketones (excluding diaryl/α,β-unsaturated/α-hetero) is 1. The average molecular weight is 445 g/mol. The number of ether oxygens (including phenoxy) is 2. The maximum atomic E-state index is 12.7. The fourth-order valence-electron chi connectivity index (χ4n) is 4.43. The summed E-state index contributed by atoms with van der Waals surface area (Å²) in [4.78, 5) is 17.0. The zero-order chi connectivity index (χ0) is 22.9. The van der Waals surface area contributed by atoms with E-state index in [1.165, 1.54) is 32.1 Å². The number of benzene rings is 2. The van der Waals surface area contributed by atoms with E-state index in [0.717, 1.165) is 35.0 Å². The number of carbonyl (C=O) groups excluding carboxylic acids is 1. The van der Waals surface area contributed by atoms with Crippen molar-refractivity contribution in [2.75, 3.05) is 12.4 Å². The van der Waals surface area contributed by atoms with Gasteiger partial charge in [0, 0.05) is 35.6 Å². The molecule has 4 rings (SSSR count). The molecule has 1 heterocycles. The molecule has 0 spiro atoms. The Morgan fingerprint density at radius 2 is 1.85 bits per heavy atom. The number of rotatable bonds is 11. The first kappa shape index (κ1) is 22.8. The number of hydrogen-bond acceptors (Lipinski definition) is 5. The number of pyridine rings is 1. The second-order valence-corrected chi connectivity index (χ2v) is 8.65. The van der Waals surface area contributed by atoms with E-state index >= 15 is 0 Å². The molecule has 0 bridgehead atoms. The highest BCUT2D eigenvalue weighted by molar-refractivity contribution is 5.97. The Morgan fingerprint density at radius 1 is 1.00 bits per heavy atom. The van der Waals surface area contributed by atoms with Gasteiger partial charge in [-0.3, -0.25) is 9.78 Å². The number of nitrogens with zero attached hydrogens (tertiary/aromatic N) is 1. The third-order valence-corrected chi connectivity index (χ3v) is 6.23.